The van der Waals surface area contributed by atoms with Crippen molar-refractivity contribution < 1.29 is 13.2 Å². The molecule has 6 nitrogen and oxygen atoms in total. The average Bonchev–Trinajstić information content (AvgIpc) is 2.56. The van der Waals surface area contributed by atoms with Gasteiger partial charge in [0.2, 0.25) is 10.0 Å². The summed E-state index contributed by atoms with van der Waals surface area (Å²) >= 11 is 0. The highest BCUT2D eigenvalue weighted by atomic mass is 32.2. The van der Waals surface area contributed by atoms with Gasteiger partial charge in [0.05, 0.1) is 13.2 Å². The summed E-state index contributed by atoms with van der Waals surface area (Å²) in [6.07, 6.45) is 6.19. The molecule has 1 aromatic heterocycles. The van der Waals surface area contributed by atoms with E-state index in [0.717, 1.165) is 18.8 Å². The minimum atomic E-state index is -3.45. The molecule has 0 unspecified atom stereocenters. The smallest absolute Gasteiger partial charge is 0.244 e. The monoisotopic (exact) mass is 327 g/mol. The molecule has 2 rings (SSSR count). The van der Waals surface area contributed by atoms with Gasteiger partial charge in [0, 0.05) is 25.8 Å². The Morgan fingerprint density at radius 3 is 2.64 bits per heavy atom. The molecular weight excluding hydrogens is 302 g/mol. The summed E-state index contributed by atoms with van der Waals surface area (Å²) in [6, 6.07) is 3.35. The van der Waals surface area contributed by atoms with Crippen LogP contribution in [0.25, 0.3) is 0 Å². The maximum Gasteiger partial charge on any atom is 0.244 e. The van der Waals surface area contributed by atoms with E-state index in [0.29, 0.717) is 26.3 Å². The van der Waals surface area contributed by atoms with Crippen molar-refractivity contribution in [1.82, 2.24) is 9.29 Å². The van der Waals surface area contributed by atoms with Crippen LogP contribution in [0, 0.1) is 0 Å². The Morgan fingerprint density at radius 1 is 1.23 bits per heavy atom. The van der Waals surface area contributed by atoms with Gasteiger partial charge >= 0.3 is 0 Å². The van der Waals surface area contributed by atoms with Crippen molar-refractivity contribution in [1.29, 1.82) is 0 Å². The summed E-state index contributed by atoms with van der Waals surface area (Å²) in [4.78, 5) is 4.45. The number of rotatable bonds is 8. The number of sulfonamides is 1. The number of pyridine rings is 1. The Morgan fingerprint density at radius 2 is 2.00 bits per heavy atom. The van der Waals surface area contributed by atoms with Gasteiger partial charge in [-0.3, -0.25) is 0 Å². The second-order valence-electron chi connectivity index (χ2n) is 5.38. The molecular formula is C15H25N3O3S. The zero-order chi connectivity index (χ0) is 15.8. The van der Waals surface area contributed by atoms with E-state index in [1.165, 1.54) is 29.8 Å². The topological polar surface area (TPSA) is 71.5 Å². The first-order valence-corrected chi connectivity index (χ1v) is 9.36. The van der Waals surface area contributed by atoms with Gasteiger partial charge in [-0.15, -0.1) is 0 Å². The van der Waals surface area contributed by atoms with Crippen molar-refractivity contribution in [2.24, 2.45) is 0 Å². The molecule has 1 aliphatic heterocycles. The third-order valence-corrected chi connectivity index (χ3v) is 5.56. The molecule has 124 valence electrons. The lowest BCUT2D eigenvalue weighted by atomic mass is 10.2. The van der Waals surface area contributed by atoms with Crippen LogP contribution in [-0.2, 0) is 14.8 Å². The highest BCUT2D eigenvalue weighted by molar-refractivity contribution is 7.89. The van der Waals surface area contributed by atoms with Crippen molar-refractivity contribution in [3.8, 4) is 0 Å². The number of hydrogen-bond acceptors (Lipinski definition) is 5. The van der Waals surface area contributed by atoms with Crippen molar-refractivity contribution in [2.75, 3.05) is 38.2 Å². The molecule has 1 aromatic rings. The normalized spacial score (nSPS) is 16.6. The van der Waals surface area contributed by atoms with Crippen LogP contribution >= 0.6 is 0 Å². The lowest BCUT2D eigenvalue weighted by Crippen LogP contribution is -2.40. The maximum atomic E-state index is 12.4. The van der Waals surface area contributed by atoms with Gasteiger partial charge in [0.15, 0.2) is 0 Å². The van der Waals surface area contributed by atoms with E-state index < -0.39 is 10.0 Å². The molecule has 0 radical (unpaired) electrons. The fourth-order valence-electron chi connectivity index (χ4n) is 2.34. The summed E-state index contributed by atoms with van der Waals surface area (Å²) in [5, 5.41) is 3.22. The van der Waals surface area contributed by atoms with Gasteiger partial charge in [0.1, 0.15) is 10.7 Å². The minimum absolute atomic E-state index is 0.242. The van der Waals surface area contributed by atoms with Crippen LogP contribution in [0.15, 0.2) is 23.2 Å². The molecule has 0 atom stereocenters. The zero-order valence-electron chi connectivity index (χ0n) is 13.1. The number of morpholine rings is 1. The Bertz CT molecular complexity index is 540. The van der Waals surface area contributed by atoms with Crippen LogP contribution < -0.4 is 5.32 Å². The third kappa shape index (κ3) is 4.66. The SMILES string of the molecule is CCCCCCNc1ccc(S(=O)(=O)N2CCOCC2)cn1. The predicted octanol–water partition coefficient (Wildman–Crippen LogP) is 2.09. The summed E-state index contributed by atoms with van der Waals surface area (Å²) in [6.45, 7) is 4.75. The standard InChI is InChI=1S/C15H25N3O3S/c1-2-3-4-5-8-16-15-7-6-14(13-17-15)22(19,20)18-9-11-21-12-10-18/h6-7,13H,2-5,8-12H2,1H3,(H,16,17). The molecule has 0 bridgehead atoms. The van der Waals surface area contributed by atoms with Gasteiger partial charge in [-0.25, -0.2) is 13.4 Å². The number of aromatic nitrogens is 1. The number of nitrogens with zero attached hydrogens (tertiary/aromatic N) is 2. The van der Waals surface area contributed by atoms with Crippen LogP contribution in [0.3, 0.4) is 0 Å². The van der Waals surface area contributed by atoms with Crippen LogP contribution in [-0.4, -0.2) is 50.6 Å². The van der Waals surface area contributed by atoms with Gasteiger partial charge in [-0.05, 0) is 18.6 Å². The first-order chi connectivity index (χ1) is 10.6. The number of nitrogens with one attached hydrogen (secondary N) is 1. The maximum absolute atomic E-state index is 12.4. The van der Waals surface area contributed by atoms with E-state index >= 15 is 0 Å². The van der Waals surface area contributed by atoms with Gasteiger partial charge in [-0.2, -0.15) is 4.31 Å². The van der Waals surface area contributed by atoms with Crippen molar-refractivity contribution in [3.63, 3.8) is 0 Å². The molecule has 0 amide bonds. The number of anilines is 1. The lowest BCUT2D eigenvalue weighted by molar-refractivity contribution is 0.0730. The minimum Gasteiger partial charge on any atom is -0.379 e. The van der Waals surface area contributed by atoms with Crippen LogP contribution in [0.2, 0.25) is 0 Å². The Labute approximate surface area is 132 Å². The van der Waals surface area contributed by atoms with E-state index in [1.807, 2.05) is 0 Å². The van der Waals surface area contributed by atoms with Crippen molar-refractivity contribution in [2.45, 2.75) is 37.5 Å². The van der Waals surface area contributed by atoms with E-state index in [1.54, 1.807) is 12.1 Å². The molecule has 0 aromatic carbocycles. The summed E-state index contributed by atoms with van der Waals surface area (Å²) in [5.41, 5.74) is 0. The predicted molar refractivity (Wildman–Crippen MR) is 86.4 cm³/mol. The molecule has 1 N–H and O–H groups in total. The van der Waals surface area contributed by atoms with Gasteiger partial charge < -0.3 is 10.1 Å². The largest absolute Gasteiger partial charge is 0.379 e. The highest BCUT2D eigenvalue weighted by Gasteiger charge is 2.26. The lowest BCUT2D eigenvalue weighted by Gasteiger charge is -2.25. The highest BCUT2D eigenvalue weighted by Crippen LogP contribution is 2.17. The van der Waals surface area contributed by atoms with Gasteiger partial charge in [0.25, 0.3) is 0 Å². The van der Waals surface area contributed by atoms with E-state index in [4.69, 9.17) is 4.74 Å². The number of ether oxygens (including phenoxy) is 1. The summed E-state index contributed by atoms with van der Waals surface area (Å²) < 4.78 is 31.5. The Balaban J connectivity index is 1.90. The van der Waals surface area contributed by atoms with Crippen LogP contribution in [0.1, 0.15) is 32.6 Å². The summed E-state index contributed by atoms with van der Waals surface area (Å²) in [7, 11) is -3.45. The molecule has 1 fully saturated rings. The van der Waals surface area contributed by atoms with Crippen molar-refractivity contribution in [3.05, 3.63) is 18.3 Å². The molecule has 7 heteroatoms. The number of unbranched alkanes of at least 4 members (excludes halogenated alkanes) is 3. The number of hydrogen-bond donors (Lipinski definition) is 1. The zero-order valence-corrected chi connectivity index (χ0v) is 13.9. The van der Waals surface area contributed by atoms with E-state index in [-0.39, 0.29) is 4.90 Å². The van der Waals surface area contributed by atoms with E-state index in [2.05, 4.69) is 17.2 Å². The molecule has 1 saturated heterocycles. The van der Waals surface area contributed by atoms with Crippen molar-refractivity contribution >= 4 is 15.8 Å². The molecule has 2 heterocycles. The third-order valence-electron chi connectivity index (χ3n) is 3.68. The van der Waals surface area contributed by atoms with Gasteiger partial charge in [-0.1, -0.05) is 26.2 Å². The quantitative estimate of drug-likeness (QED) is 0.740. The molecule has 1 aliphatic rings. The first-order valence-electron chi connectivity index (χ1n) is 7.92. The van der Waals surface area contributed by atoms with Crippen LogP contribution in [0.5, 0.6) is 0 Å². The van der Waals surface area contributed by atoms with Crippen LogP contribution in [0.4, 0.5) is 5.82 Å². The Hall–Kier alpha value is -1.18. The molecule has 0 saturated carbocycles. The second-order valence-corrected chi connectivity index (χ2v) is 7.32. The van der Waals surface area contributed by atoms with E-state index in [9.17, 15) is 8.42 Å². The fraction of sp³-hybridized carbons (Fsp3) is 0.667. The molecule has 0 aliphatic carbocycles. The first kappa shape index (κ1) is 17.2. The average molecular weight is 327 g/mol. The Kier molecular flexibility index (Phi) is 6.60. The summed E-state index contributed by atoms with van der Waals surface area (Å²) in [5.74, 6) is 0.720. The molecule has 22 heavy (non-hydrogen) atoms. The fourth-order valence-corrected chi connectivity index (χ4v) is 3.70. The second kappa shape index (κ2) is 8.45. The molecule has 0 spiro atoms.